The molecule has 68 valence electrons. The molecule has 0 bridgehead atoms. The summed E-state index contributed by atoms with van der Waals surface area (Å²) in [6, 6.07) is 0. The number of hydrogen-bond donors (Lipinski definition) is 0. The van der Waals surface area contributed by atoms with E-state index in [1.165, 1.54) is 0 Å². The monoisotopic (exact) mass is 282 g/mol. The van der Waals surface area contributed by atoms with Crippen LogP contribution in [0.5, 0.6) is 0 Å². The second-order valence-corrected chi connectivity index (χ2v) is 3.94. The first-order chi connectivity index (χ1) is 5.70. The number of esters is 1. The fraction of sp³-hybridized carbons (Fsp3) is 0.625. The molecule has 1 aliphatic heterocycles. The zero-order valence-electron chi connectivity index (χ0n) is 6.72. The molecule has 0 aromatic carbocycles. The van der Waals surface area contributed by atoms with Gasteiger partial charge in [-0.15, -0.1) is 0 Å². The van der Waals surface area contributed by atoms with E-state index >= 15 is 0 Å². The Labute approximate surface area is 85.2 Å². The van der Waals surface area contributed by atoms with Crippen molar-refractivity contribution in [1.82, 2.24) is 0 Å². The highest BCUT2D eigenvalue weighted by Crippen LogP contribution is 2.13. The van der Waals surface area contributed by atoms with Crippen LogP contribution in [-0.2, 0) is 14.3 Å². The van der Waals surface area contributed by atoms with Gasteiger partial charge in [-0.05, 0) is 35.4 Å². The fourth-order valence-corrected chi connectivity index (χ4v) is 1.18. The summed E-state index contributed by atoms with van der Waals surface area (Å²) in [5.74, 6) is -0.342. The minimum Gasteiger partial charge on any atom is -0.459 e. The number of carbonyl (C=O) groups excluding carboxylic acids is 1. The first-order valence-corrected chi connectivity index (χ1v) is 4.91. The molecule has 0 amide bonds. The van der Waals surface area contributed by atoms with Gasteiger partial charge < -0.3 is 9.47 Å². The summed E-state index contributed by atoms with van der Waals surface area (Å²) < 4.78 is 10.6. The Balaban J connectivity index is 2.16. The van der Waals surface area contributed by atoms with Gasteiger partial charge >= 0.3 is 5.97 Å². The van der Waals surface area contributed by atoms with Crippen molar-refractivity contribution in [3.05, 3.63) is 10.2 Å². The molecule has 0 spiro atoms. The van der Waals surface area contributed by atoms with E-state index in [0.29, 0.717) is 10.2 Å². The lowest BCUT2D eigenvalue weighted by molar-refractivity contribution is -0.141. The van der Waals surface area contributed by atoms with Gasteiger partial charge in [0, 0.05) is 6.61 Å². The topological polar surface area (TPSA) is 35.5 Å². The highest BCUT2D eigenvalue weighted by molar-refractivity contribution is 14.1. The van der Waals surface area contributed by atoms with Crippen LogP contribution >= 0.6 is 22.6 Å². The summed E-state index contributed by atoms with van der Waals surface area (Å²) in [5.41, 5.74) is 0. The molecule has 0 aromatic heterocycles. The van der Waals surface area contributed by atoms with E-state index in [1.807, 2.05) is 22.6 Å². The normalized spacial score (nSPS) is 22.2. The van der Waals surface area contributed by atoms with Crippen molar-refractivity contribution in [2.75, 3.05) is 13.2 Å². The second kappa shape index (κ2) is 4.81. The minimum absolute atomic E-state index is 0.102. The van der Waals surface area contributed by atoms with E-state index in [-0.39, 0.29) is 12.1 Å². The maximum atomic E-state index is 10.9. The van der Waals surface area contributed by atoms with Crippen LogP contribution in [0.25, 0.3) is 0 Å². The van der Waals surface area contributed by atoms with E-state index < -0.39 is 0 Å². The minimum atomic E-state index is -0.342. The van der Waals surface area contributed by atoms with E-state index in [1.54, 1.807) is 0 Å². The molecule has 0 radical (unpaired) electrons. The first kappa shape index (κ1) is 9.98. The second-order valence-electron chi connectivity index (χ2n) is 2.64. The third-order valence-electron chi connectivity index (χ3n) is 1.65. The Kier molecular flexibility index (Phi) is 4.00. The Morgan fingerprint density at radius 2 is 2.50 bits per heavy atom. The van der Waals surface area contributed by atoms with Crippen molar-refractivity contribution in [1.29, 1.82) is 0 Å². The Morgan fingerprint density at radius 1 is 1.75 bits per heavy atom. The van der Waals surface area contributed by atoms with E-state index in [2.05, 4.69) is 6.58 Å². The molecule has 0 saturated carbocycles. The van der Waals surface area contributed by atoms with Crippen molar-refractivity contribution in [3.8, 4) is 0 Å². The number of hydrogen-bond acceptors (Lipinski definition) is 3. The van der Waals surface area contributed by atoms with E-state index in [9.17, 15) is 4.79 Å². The molecule has 1 aliphatic rings. The van der Waals surface area contributed by atoms with Crippen LogP contribution in [-0.4, -0.2) is 25.3 Å². The van der Waals surface area contributed by atoms with Gasteiger partial charge in [-0.1, -0.05) is 6.58 Å². The smallest absolute Gasteiger partial charge is 0.343 e. The summed E-state index contributed by atoms with van der Waals surface area (Å²) in [7, 11) is 0. The van der Waals surface area contributed by atoms with Gasteiger partial charge in [-0.25, -0.2) is 4.79 Å². The van der Waals surface area contributed by atoms with Crippen LogP contribution < -0.4 is 0 Å². The molecule has 1 saturated heterocycles. The molecule has 4 heteroatoms. The molecule has 0 N–H and O–H groups in total. The SMILES string of the molecule is C=C(I)C(=O)OCC1CCCO1. The Bertz CT molecular complexity index is 185. The van der Waals surface area contributed by atoms with Crippen molar-refractivity contribution in [2.45, 2.75) is 18.9 Å². The zero-order valence-corrected chi connectivity index (χ0v) is 8.87. The Hall–Kier alpha value is -0.100. The summed E-state index contributed by atoms with van der Waals surface area (Å²) in [6.07, 6.45) is 2.15. The van der Waals surface area contributed by atoms with Gasteiger partial charge in [-0.2, -0.15) is 0 Å². The predicted molar refractivity (Wildman–Crippen MR) is 53.1 cm³/mol. The molecule has 1 atom stereocenters. The van der Waals surface area contributed by atoms with Gasteiger partial charge in [0.1, 0.15) is 6.61 Å². The summed E-state index contributed by atoms with van der Waals surface area (Å²) in [4.78, 5) is 10.9. The van der Waals surface area contributed by atoms with Crippen LogP contribution in [0.1, 0.15) is 12.8 Å². The molecule has 0 aliphatic carbocycles. The maximum Gasteiger partial charge on any atom is 0.343 e. The zero-order chi connectivity index (χ0) is 8.97. The number of halogens is 1. The molecule has 1 rings (SSSR count). The van der Waals surface area contributed by atoms with Crippen LogP contribution in [0, 0.1) is 0 Å². The van der Waals surface area contributed by atoms with Crippen LogP contribution in [0.2, 0.25) is 0 Å². The summed E-state index contributed by atoms with van der Waals surface area (Å²) >= 11 is 1.85. The van der Waals surface area contributed by atoms with Crippen LogP contribution in [0.3, 0.4) is 0 Å². The van der Waals surface area contributed by atoms with Gasteiger partial charge in [0.15, 0.2) is 0 Å². The van der Waals surface area contributed by atoms with Gasteiger partial charge in [0.2, 0.25) is 0 Å². The molecule has 1 heterocycles. The number of ether oxygens (including phenoxy) is 2. The van der Waals surface area contributed by atoms with Crippen LogP contribution in [0.4, 0.5) is 0 Å². The standard InChI is InChI=1S/C8H11IO3/c1-6(9)8(10)12-5-7-3-2-4-11-7/h7H,1-5H2. The lowest BCUT2D eigenvalue weighted by Crippen LogP contribution is -2.17. The highest BCUT2D eigenvalue weighted by Gasteiger charge is 2.17. The quantitative estimate of drug-likeness (QED) is 0.448. The third-order valence-corrected chi connectivity index (χ3v) is 2.09. The van der Waals surface area contributed by atoms with Crippen molar-refractivity contribution < 1.29 is 14.3 Å². The van der Waals surface area contributed by atoms with E-state index in [0.717, 1.165) is 19.4 Å². The highest BCUT2D eigenvalue weighted by atomic mass is 127. The average Bonchev–Trinajstić information content (AvgIpc) is 2.51. The number of rotatable bonds is 3. The molecule has 12 heavy (non-hydrogen) atoms. The largest absolute Gasteiger partial charge is 0.459 e. The van der Waals surface area contributed by atoms with Crippen molar-refractivity contribution >= 4 is 28.6 Å². The van der Waals surface area contributed by atoms with Crippen molar-refractivity contribution in [2.24, 2.45) is 0 Å². The van der Waals surface area contributed by atoms with Gasteiger partial charge in [-0.3, -0.25) is 0 Å². The summed E-state index contributed by atoms with van der Waals surface area (Å²) in [6.45, 7) is 4.62. The molecular weight excluding hydrogens is 271 g/mol. The average molecular weight is 282 g/mol. The molecule has 3 nitrogen and oxygen atoms in total. The molecule has 0 aromatic rings. The maximum absolute atomic E-state index is 10.9. The number of carbonyl (C=O) groups is 1. The third kappa shape index (κ3) is 3.10. The summed E-state index contributed by atoms with van der Waals surface area (Å²) in [5, 5.41) is 0. The lowest BCUT2D eigenvalue weighted by atomic mass is 10.2. The first-order valence-electron chi connectivity index (χ1n) is 3.83. The molecular formula is C8H11IO3. The Morgan fingerprint density at radius 3 is 3.00 bits per heavy atom. The van der Waals surface area contributed by atoms with Crippen molar-refractivity contribution in [3.63, 3.8) is 0 Å². The predicted octanol–water partition coefficient (Wildman–Crippen LogP) is 1.66. The van der Waals surface area contributed by atoms with Gasteiger partial charge in [0.25, 0.3) is 0 Å². The van der Waals surface area contributed by atoms with E-state index in [4.69, 9.17) is 9.47 Å². The fourth-order valence-electron chi connectivity index (χ4n) is 1.02. The lowest BCUT2D eigenvalue weighted by Gasteiger charge is -2.08. The molecule has 1 fully saturated rings. The van der Waals surface area contributed by atoms with Crippen LogP contribution in [0.15, 0.2) is 10.2 Å². The molecule has 1 unspecified atom stereocenters. The van der Waals surface area contributed by atoms with Gasteiger partial charge in [0.05, 0.1) is 9.68 Å².